The van der Waals surface area contributed by atoms with Gasteiger partial charge >= 0.3 is 18.3 Å². The fourth-order valence-electron chi connectivity index (χ4n) is 3.78. The monoisotopic (exact) mass is 598 g/mol. The molecule has 210 valence electrons. The summed E-state index contributed by atoms with van der Waals surface area (Å²) in [4.78, 5) is 29.2. The van der Waals surface area contributed by atoms with Gasteiger partial charge in [0.05, 0.1) is 24.1 Å². The lowest BCUT2D eigenvalue weighted by Crippen LogP contribution is -2.47. The second kappa shape index (κ2) is 11.1. The molecule has 0 aliphatic carbocycles. The predicted molar refractivity (Wildman–Crippen MR) is 127 cm³/mol. The van der Waals surface area contributed by atoms with Crippen LogP contribution in [0, 0.1) is 0 Å². The molecule has 1 aromatic carbocycles. The molecule has 0 fully saturated rings. The minimum absolute atomic E-state index is 0.201. The first-order valence-corrected chi connectivity index (χ1v) is 11.7. The summed E-state index contributed by atoms with van der Waals surface area (Å²) in [6, 6.07) is 4.49. The maximum absolute atomic E-state index is 14.2. The molecule has 0 saturated carbocycles. The molecule has 2 atom stereocenters. The smallest absolute Gasteiger partial charge is 0.422 e. The zero-order chi connectivity index (χ0) is 29.3. The Balaban J connectivity index is 2.00. The van der Waals surface area contributed by atoms with Crippen molar-refractivity contribution in [3.05, 3.63) is 85.9 Å². The summed E-state index contributed by atoms with van der Waals surface area (Å²) in [5.74, 6) is -4.24. The van der Waals surface area contributed by atoms with Crippen LogP contribution in [-0.2, 0) is 22.4 Å². The number of alkyl halides is 7. The fraction of sp³-hybridized carbons (Fsp3) is 0.292. The van der Waals surface area contributed by atoms with Crippen LogP contribution in [0.25, 0.3) is 0 Å². The molecule has 0 spiro atoms. The van der Waals surface area contributed by atoms with Crippen LogP contribution in [0.5, 0.6) is 11.6 Å². The number of carbonyl (C=O) groups excluding carboxylic acids is 1. The molecule has 0 radical (unpaired) electrons. The number of H-pyrrole nitrogens is 1. The molecule has 0 saturated heterocycles. The molecule has 2 N–H and O–H groups in total. The number of benzene rings is 1. The Hall–Kier alpha value is -3.29. The SMILES string of the molecule is COC(=O)c1cnc(Oc2ccc(C(C)C(O)(c3c[nH]c(=O)c(CCl)c3)C(F)(F)F)c(Cl)c2)cc1C(F)(F)F. The summed E-state index contributed by atoms with van der Waals surface area (Å²) >= 11 is 11.8. The molecule has 3 aromatic rings. The summed E-state index contributed by atoms with van der Waals surface area (Å²) in [7, 11) is 0.894. The quantitative estimate of drug-likeness (QED) is 0.188. The standard InChI is InChI=1S/C24H18Cl2F6N2O5/c1-11(22(37,24(30,31)32)13-5-12(8-25)20(35)34-9-13)15-4-3-14(6-18(15)26)39-19-7-17(23(27,28)29)16(10-33-19)21(36)38-2/h3-7,9-11,37H,8H2,1-2H3,(H,34,35). The van der Waals surface area contributed by atoms with Gasteiger partial charge in [0, 0.05) is 40.5 Å². The zero-order valence-corrected chi connectivity index (χ0v) is 21.4. The summed E-state index contributed by atoms with van der Waals surface area (Å²) in [6.45, 7) is 1.05. The van der Waals surface area contributed by atoms with Crippen molar-refractivity contribution in [1.82, 2.24) is 9.97 Å². The Morgan fingerprint density at radius 1 is 1.15 bits per heavy atom. The van der Waals surface area contributed by atoms with Gasteiger partial charge in [0.1, 0.15) is 5.75 Å². The molecule has 39 heavy (non-hydrogen) atoms. The minimum atomic E-state index is -5.24. The number of hydrogen-bond acceptors (Lipinski definition) is 6. The highest BCUT2D eigenvalue weighted by atomic mass is 35.5. The molecule has 7 nitrogen and oxygen atoms in total. The van der Waals surface area contributed by atoms with Gasteiger partial charge in [-0.15, -0.1) is 11.6 Å². The molecule has 0 amide bonds. The van der Waals surface area contributed by atoms with Crippen LogP contribution in [0.4, 0.5) is 26.3 Å². The number of aliphatic hydroxyl groups is 1. The van der Waals surface area contributed by atoms with Crippen molar-refractivity contribution in [2.24, 2.45) is 0 Å². The molecule has 2 unspecified atom stereocenters. The number of carbonyl (C=O) groups is 1. The van der Waals surface area contributed by atoms with Crippen LogP contribution in [0.2, 0.25) is 5.02 Å². The molecule has 0 aliphatic rings. The summed E-state index contributed by atoms with van der Waals surface area (Å²) < 4.78 is 92.6. The molecular formula is C24H18Cl2F6N2O5. The lowest BCUT2D eigenvalue weighted by molar-refractivity contribution is -0.274. The van der Waals surface area contributed by atoms with Gasteiger partial charge in [0.15, 0.2) is 5.60 Å². The van der Waals surface area contributed by atoms with E-state index in [1.54, 1.807) is 0 Å². The third-order valence-electron chi connectivity index (χ3n) is 5.87. The first kappa shape index (κ1) is 30.3. The average Bonchev–Trinajstić information content (AvgIpc) is 2.86. The van der Waals surface area contributed by atoms with Crippen molar-refractivity contribution in [3.8, 4) is 11.6 Å². The number of pyridine rings is 2. The molecular weight excluding hydrogens is 581 g/mol. The second-order valence-corrected chi connectivity index (χ2v) is 8.88. The highest BCUT2D eigenvalue weighted by Crippen LogP contribution is 2.50. The largest absolute Gasteiger partial charge is 0.465 e. The van der Waals surface area contributed by atoms with Gasteiger partial charge in [-0.2, -0.15) is 26.3 Å². The van der Waals surface area contributed by atoms with Crippen molar-refractivity contribution in [3.63, 3.8) is 0 Å². The third-order valence-corrected chi connectivity index (χ3v) is 6.49. The number of esters is 1. The fourth-order valence-corrected chi connectivity index (χ4v) is 4.31. The third kappa shape index (κ3) is 5.99. The number of nitrogens with zero attached hydrogens (tertiary/aromatic N) is 1. The highest BCUT2D eigenvalue weighted by molar-refractivity contribution is 6.31. The van der Waals surface area contributed by atoms with E-state index in [4.69, 9.17) is 27.9 Å². The summed E-state index contributed by atoms with van der Waals surface area (Å²) in [5.41, 5.74) is -7.60. The van der Waals surface area contributed by atoms with Crippen LogP contribution in [0.1, 0.15) is 45.5 Å². The molecule has 3 rings (SSSR count). The van der Waals surface area contributed by atoms with E-state index in [9.17, 15) is 41.0 Å². The Morgan fingerprint density at radius 2 is 1.82 bits per heavy atom. The lowest BCUT2D eigenvalue weighted by atomic mass is 9.78. The van der Waals surface area contributed by atoms with Gasteiger partial charge in [0.25, 0.3) is 5.56 Å². The molecule has 2 aromatic heterocycles. The van der Waals surface area contributed by atoms with Gasteiger partial charge < -0.3 is 19.6 Å². The first-order valence-electron chi connectivity index (χ1n) is 10.7. The van der Waals surface area contributed by atoms with Crippen molar-refractivity contribution in [2.45, 2.75) is 36.7 Å². The second-order valence-electron chi connectivity index (χ2n) is 8.21. The van der Waals surface area contributed by atoms with Crippen molar-refractivity contribution < 1.29 is 45.7 Å². The number of halogens is 8. The van der Waals surface area contributed by atoms with Crippen molar-refractivity contribution >= 4 is 29.2 Å². The van der Waals surface area contributed by atoms with Crippen molar-refractivity contribution in [1.29, 1.82) is 0 Å². The Morgan fingerprint density at radius 3 is 2.36 bits per heavy atom. The van der Waals surface area contributed by atoms with Crippen molar-refractivity contribution in [2.75, 3.05) is 7.11 Å². The maximum Gasteiger partial charge on any atom is 0.422 e. The van der Waals surface area contributed by atoms with Gasteiger partial charge in [-0.1, -0.05) is 24.6 Å². The van der Waals surface area contributed by atoms with Crippen LogP contribution in [0.3, 0.4) is 0 Å². The van der Waals surface area contributed by atoms with E-state index in [1.165, 1.54) is 0 Å². The average molecular weight is 599 g/mol. The van der Waals surface area contributed by atoms with E-state index in [0.717, 1.165) is 44.5 Å². The number of aromatic amines is 1. The summed E-state index contributed by atoms with van der Waals surface area (Å²) in [6.07, 6.45) is -8.89. The first-order chi connectivity index (χ1) is 18.0. The predicted octanol–water partition coefficient (Wildman–Crippen LogP) is 6.31. The van der Waals surface area contributed by atoms with E-state index in [2.05, 4.69) is 14.7 Å². The van der Waals surface area contributed by atoms with Crippen LogP contribution in [-0.4, -0.2) is 34.3 Å². The zero-order valence-electron chi connectivity index (χ0n) is 19.9. The normalized spacial score (nSPS) is 14.4. The van der Waals surface area contributed by atoms with E-state index < -0.39 is 63.9 Å². The number of rotatable bonds is 7. The van der Waals surface area contributed by atoms with Gasteiger partial charge in [-0.25, -0.2) is 9.78 Å². The number of hydrogen-bond donors (Lipinski definition) is 2. The Kier molecular flexibility index (Phi) is 8.58. The van der Waals surface area contributed by atoms with Crippen LogP contribution >= 0.6 is 23.2 Å². The molecule has 0 bridgehead atoms. The molecule has 2 heterocycles. The lowest BCUT2D eigenvalue weighted by Gasteiger charge is -2.37. The van der Waals surface area contributed by atoms with E-state index >= 15 is 0 Å². The van der Waals surface area contributed by atoms with Gasteiger partial charge in [-0.05, 0) is 23.8 Å². The molecule has 15 heteroatoms. The molecule has 0 aliphatic heterocycles. The van der Waals surface area contributed by atoms with Gasteiger partial charge in [-0.3, -0.25) is 4.79 Å². The summed E-state index contributed by atoms with van der Waals surface area (Å²) in [5, 5.41) is 10.6. The van der Waals surface area contributed by atoms with Crippen LogP contribution in [0.15, 0.2) is 47.5 Å². The van der Waals surface area contributed by atoms with E-state index in [-0.39, 0.29) is 21.9 Å². The Labute approximate surface area is 226 Å². The van der Waals surface area contributed by atoms with Crippen LogP contribution < -0.4 is 10.3 Å². The topological polar surface area (TPSA) is 102 Å². The van der Waals surface area contributed by atoms with E-state index in [0.29, 0.717) is 12.3 Å². The highest BCUT2D eigenvalue weighted by Gasteiger charge is 2.59. The number of methoxy groups -OCH3 is 1. The number of ether oxygens (including phenoxy) is 2. The maximum atomic E-state index is 14.2. The van der Waals surface area contributed by atoms with Gasteiger partial charge in [0.2, 0.25) is 5.88 Å². The Bertz CT molecular complexity index is 1440. The number of nitrogens with one attached hydrogen (secondary N) is 1. The number of aromatic nitrogens is 2. The van der Waals surface area contributed by atoms with E-state index in [1.807, 2.05) is 0 Å². The minimum Gasteiger partial charge on any atom is -0.465 e.